The highest BCUT2D eigenvalue weighted by Crippen LogP contribution is 2.12. The lowest BCUT2D eigenvalue weighted by Crippen LogP contribution is -2.42. The number of hydrogen-bond acceptors (Lipinski definition) is 5. The summed E-state index contributed by atoms with van der Waals surface area (Å²) < 4.78 is 0. The zero-order valence-electron chi connectivity index (χ0n) is 12.0. The Morgan fingerprint density at radius 1 is 1.40 bits per heavy atom. The highest BCUT2D eigenvalue weighted by atomic mass is 32.1. The third-order valence-corrected chi connectivity index (χ3v) is 3.38. The van der Waals surface area contributed by atoms with E-state index in [0.29, 0.717) is 23.9 Å². The van der Waals surface area contributed by atoms with Gasteiger partial charge < -0.3 is 16.0 Å². The molecule has 0 spiro atoms. The maximum atomic E-state index is 12.2. The molecule has 0 saturated carbocycles. The number of nitrogens with one attached hydrogen (secondary N) is 1. The summed E-state index contributed by atoms with van der Waals surface area (Å²) in [6, 6.07) is 0. The number of amides is 2. The number of nitrogen functional groups attached to an aromatic ring is 1. The number of nitrogens with two attached hydrogens (primary N) is 1. The van der Waals surface area contributed by atoms with Gasteiger partial charge in [-0.25, -0.2) is 4.98 Å². The van der Waals surface area contributed by atoms with Crippen molar-refractivity contribution in [3.05, 3.63) is 11.1 Å². The van der Waals surface area contributed by atoms with Crippen LogP contribution in [-0.4, -0.2) is 41.3 Å². The fourth-order valence-electron chi connectivity index (χ4n) is 1.73. The Labute approximate surface area is 123 Å². The molecule has 20 heavy (non-hydrogen) atoms. The van der Waals surface area contributed by atoms with Gasteiger partial charge in [0.05, 0.1) is 18.7 Å². The van der Waals surface area contributed by atoms with E-state index in [1.807, 2.05) is 13.8 Å². The van der Waals surface area contributed by atoms with Crippen molar-refractivity contribution in [2.24, 2.45) is 0 Å². The quantitative estimate of drug-likeness (QED) is 0.750. The van der Waals surface area contributed by atoms with Gasteiger partial charge in [-0.05, 0) is 12.8 Å². The van der Waals surface area contributed by atoms with Gasteiger partial charge in [0, 0.05) is 18.5 Å². The van der Waals surface area contributed by atoms with Crippen LogP contribution in [0.2, 0.25) is 0 Å². The lowest BCUT2D eigenvalue weighted by Gasteiger charge is -2.21. The van der Waals surface area contributed by atoms with E-state index in [0.717, 1.165) is 12.8 Å². The van der Waals surface area contributed by atoms with Gasteiger partial charge in [0.15, 0.2) is 5.13 Å². The molecule has 6 nitrogen and oxygen atoms in total. The van der Waals surface area contributed by atoms with Crippen LogP contribution in [0.5, 0.6) is 0 Å². The molecule has 0 bridgehead atoms. The standard InChI is InChI=1S/C13H22N4O2S/c1-3-5-15-11(18)8-17(6-4-2)12(19)7-10-9-20-13(14)16-10/h9H,3-8H2,1-2H3,(H2,14,16)(H,15,18). The van der Waals surface area contributed by atoms with E-state index in [-0.39, 0.29) is 24.8 Å². The number of rotatable bonds is 8. The minimum atomic E-state index is -0.119. The summed E-state index contributed by atoms with van der Waals surface area (Å²) in [5, 5.41) is 5.00. The van der Waals surface area contributed by atoms with Crippen LogP contribution in [0.1, 0.15) is 32.4 Å². The van der Waals surface area contributed by atoms with Crippen molar-refractivity contribution >= 4 is 28.3 Å². The second kappa shape index (κ2) is 8.52. The summed E-state index contributed by atoms with van der Waals surface area (Å²) in [4.78, 5) is 29.5. The lowest BCUT2D eigenvalue weighted by molar-refractivity contribution is -0.135. The Morgan fingerprint density at radius 2 is 2.15 bits per heavy atom. The molecule has 0 aliphatic rings. The van der Waals surface area contributed by atoms with Crippen LogP contribution in [-0.2, 0) is 16.0 Å². The first-order valence-corrected chi connectivity index (χ1v) is 7.69. The second-order valence-electron chi connectivity index (χ2n) is 4.52. The Bertz CT molecular complexity index is 447. The number of hydrogen-bond donors (Lipinski definition) is 2. The molecule has 0 radical (unpaired) electrons. The molecule has 1 heterocycles. The van der Waals surface area contributed by atoms with Crippen molar-refractivity contribution in [1.29, 1.82) is 0 Å². The van der Waals surface area contributed by atoms with Crippen LogP contribution in [0, 0.1) is 0 Å². The van der Waals surface area contributed by atoms with Gasteiger partial charge in [-0.15, -0.1) is 11.3 Å². The van der Waals surface area contributed by atoms with Gasteiger partial charge >= 0.3 is 0 Å². The lowest BCUT2D eigenvalue weighted by atomic mass is 10.2. The van der Waals surface area contributed by atoms with Gasteiger partial charge in [-0.2, -0.15) is 0 Å². The van der Waals surface area contributed by atoms with Gasteiger partial charge in [0.2, 0.25) is 11.8 Å². The summed E-state index contributed by atoms with van der Waals surface area (Å²) in [5.41, 5.74) is 6.20. The Balaban J connectivity index is 2.55. The van der Waals surface area contributed by atoms with E-state index < -0.39 is 0 Å². The van der Waals surface area contributed by atoms with E-state index in [9.17, 15) is 9.59 Å². The summed E-state index contributed by atoms with van der Waals surface area (Å²) in [7, 11) is 0. The van der Waals surface area contributed by atoms with Crippen LogP contribution in [0.25, 0.3) is 0 Å². The highest BCUT2D eigenvalue weighted by Gasteiger charge is 2.17. The summed E-state index contributed by atoms with van der Waals surface area (Å²) in [6.07, 6.45) is 1.88. The number of carbonyl (C=O) groups excluding carboxylic acids is 2. The predicted molar refractivity (Wildman–Crippen MR) is 80.4 cm³/mol. The molecule has 0 unspecified atom stereocenters. The molecule has 1 aromatic rings. The Morgan fingerprint density at radius 3 is 2.70 bits per heavy atom. The number of anilines is 1. The fraction of sp³-hybridized carbons (Fsp3) is 0.615. The molecule has 0 atom stereocenters. The van der Waals surface area contributed by atoms with Crippen LogP contribution < -0.4 is 11.1 Å². The Kier molecular flexibility index (Phi) is 7.00. The molecule has 0 aliphatic carbocycles. The SMILES string of the molecule is CCCNC(=O)CN(CCC)C(=O)Cc1csc(N)n1. The van der Waals surface area contributed by atoms with E-state index >= 15 is 0 Å². The minimum Gasteiger partial charge on any atom is -0.375 e. The number of thiazole rings is 1. The normalized spacial score (nSPS) is 10.3. The molecule has 0 aliphatic heterocycles. The zero-order valence-corrected chi connectivity index (χ0v) is 12.8. The number of carbonyl (C=O) groups is 2. The first-order chi connectivity index (χ1) is 9.56. The summed E-state index contributed by atoms with van der Waals surface area (Å²) in [5.74, 6) is -0.213. The van der Waals surface area contributed by atoms with E-state index in [2.05, 4.69) is 10.3 Å². The first-order valence-electron chi connectivity index (χ1n) is 6.81. The Hall–Kier alpha value is -1.63. The molecule has 7 heteroatoms. The van der Waals surface area contributed by atoms with Crippen molar-refractivity contribution < 1.29 is 9.59 Å². The number of aromatic nitrogens is 1. The van der Waals surface area contributed by atoms with E-state index in [4.69, 9.17) is 5.73 Å². The van der Waals surface area contributed by atoms with Crippen molar-refractivity contribution in [3.8, 4) is 0 Å². The highest BCUT2D eigenvalue weighted by molar-refractivity contribution is 7.13. The average molecular weight is 298 g/mol. The molecule has 3 N–H and O–H groups in total. The van der Waals surface area contributed by atoms with Crippen LogP contribution in [0.4, 0.5) is 5.13 Å². The number of nitrogens with zero attached hydrogens (tertiary/aromatic N) is 2. The zero-order chi connectivity index (χ0) is 15.0. The monoisotopic (exact) mass is 298 g/mol. The first kappa shape index (κ1) is 16.4. The van der Waals surface area contributed by atoms with Gasteiger partial charge in [-0.3, -0.25) is 9.59 Å². The summed E-state index contributed by atoms with van der Waals surface area (Å²) in [6.45, 7) is 5.27. The predicted octanol–water partition coefficient (Wildman–Crippen LogP) is 1.03. The van der Waals surface area contributed by atoms with Gasteiger partial charge in [0.1, 0.15) is 0 Å². The molecule has 112 valence electrons. The molecule has 0 saturated heterocycles. The fourth-order valence-corrected chi connectivity index (χ4v) is 2.29. The topological polar surface area (TPSA) is 88.3 Å². The minimum absolute atomic E-state index is 0.0937. The molecule has 2 amide bonds. The van der Waals surface area contributed by atoms with Crippen molar-refractivity contribution in [2.75, 3.05) is 25.4 Å². The molecule has 1 rings (SSSR count). The van der Waals surface area contributed by atoms with Gasteiger partial charge in [-0.1, -0.05) is 13.8 Å². The van der Waals surface area contributed by atoms with Crippen LogP contribution >= 0.6 is 11.3 Å². The van der Waals surface area contributed by atoms with Crippen LogP contribution in [0.15, 0.2) is 5.38 Å². The van der Waals surface area contributed by atoms with Crippen molar-refractivity contribution in [2.45, 2.75) is 33.1 Å². The largest absolute Gasteiger partial charge is 0.375 e. The molecule has 0 fully saturated rings. The average Bonchev–Trinajstić information content (AvgIpc) is 2.81. The maximum Gasteiger partial charge on any atom is 0.239 e. The second-order valence-corrected chi connectivity index (χ2v) is 5.41. The molecular formula is C13H22N4O2S. The third-order valence-electron chi connectivity index (χ3n) is 2.65. The maximum absolute atomic E-state index is 12.2. The van der Waals surface area contributed by atoms with Crippen LogP contribution in [0.3, 0.4) is 0 Å². The smallest absolute Gasteiger partial charge is 0.239 e. The van der Waals surface area contributed by atoms with Crippen molar-refractivity contribution in [3.63, 3.8) is 0 Å². The third kappa shape index (κ3) is 5.56. The molecule has 0 aromatic carbocycles. The van der Waals surface area contributed by atoms with E-state index in [1.54, 1.807) is 10.3 Å². The molecular weight excluding hydrogens is 276 g/mol. The van der Waals surface area contributed by atoms with Gasteiger partial charge in [0.25, 0.3) is 0 Å². The summed E-state index contributed by atoms with van der Waals surface area (Å²) >= 11 is 1.31. The molecule has 1 aromatic heterocycles. The van der Waals surface area contributed by atoms with E-state index in [1.165, 1.54) is 11.3 Å². The van der Waals surface area contributed by atoms with Crippen molar-refractivity contribution in [1.82, 2.24) is 15.2 Å².